The van der Waals surface area contributed by atoms with Crippen molar-refractivity contribution in [3.63, 3.8) is 0 Å². The highest BCUT2D eigenvalue weighted by Crippen LogP contribution is 2.43. The molecule has 8 nitrogen and oxygen atoms in total. The van der Waals surface area contributed by atoms with Crippen LogP contribution in [-0.2, 0) is 15.8 Å². The number of aliphatic hydroxyl groups is 1. The minimum Gasteiger partial charge on any atom is -0.444 e. The molecule has 0 aliphatic carbocycles. The maximum atomic E-state index is 12.8. The van der Waals surface area contributed by atoms with Gasteiger partial charge in [-0.2, -0.15) is 0 Å². The predicted octanol–water partition coefficient (Wildman–Crippen LogP) is 3.29. The molecule has 0 spiro atoms. The van der Waals surface area contributed by atoms with E-state index >= 15 is 0 Å². The van der Waals surface area contributed by atoms with Crippen molar-refractivity contribution < 1.29 is 24.0 Å². The molecule has 1 fully saturated rings. The highest BCUT2D eigenvalue weighted by molar-refractivity contribution is 6.48. The average molecular weight is 411 g/mol. The summed E-state index contributed by atoms with van der Waals surface area (Å²) in [5, 5.41) is 20.9. The number of ether oxygens (including phenoxy) is 1. The second kappa shape index (κ2) is 8.58. The number of aliphatic hydroxyl groups excluding tert-OH is 1. The third kappa shape index (κ3) is 5.09. The van der Waals surface area contributed by atoms with Gasteiger partial charge in [0.2, 0.25) is 0 Å². The molecule has 9 heteroatoms. The van der Waals surface area contributed by atoms with Gasteiger partial charge in [-0.1, -0.05) is 20.8 Å². The van der Waals surface area contributed by atoms with Gasteiger partial charge in [0.1, 0.15) is 6.61 Å². The summed E-state index contributed by atoms with van der Waals surface area (Å²) >= 11 is 0. The predicted molar refractivity (Wildman–Crippen MR) is 107 cm³/mol. The van der Waals surface area contributed by atoms with E-state index in [1.54, 1.807) is 12.1 Å². The fraction of sp³-hybridized carbons (Fsp3) is 0.632. The van der Waals surface area contributed by atoms with Crippen molar-refractivity contribution >= 4 is 20.8 Å². The molecular weight excluding hydrogens is 380 g/mol. The molecule has 0 bridgehead atoms. The summed E-state index contributed by atoms with van der Waals surface area (Å²) in [6.07, 6.45) is 0.0129. The number of hydrogen-bond donors (Lipinski definition) is 1. The van der Waals surface area contributed by atoms with Gasteiger partial charge in [0.25, 0.3) is 5.69 Å². The molecule has 0 unspecified atom stereocenters. The zero-order chi connectivity index (χ0) is 21.1. The van der Waals surface area contributed by atoms with Crippen molar-refractivity contribution in [3.05, 3.63) is 39.9 Å². The molecule has 1 aromatic carbocycles. The van der Waals surface area contributed by atoms with Crippen LogP contribution in [0.3, 0.4) is 0 Å². The van der Waals surface area contributed by atoms with E-state index in [1.165, 1.54) is 17.0 Å². The number of rotatable bonds is 6. The fourth-order valence-corrected chi connectivity index (χ4v) is 4.62. The van der Waals surface area contributed by atoms with E-state index in [1.807, 2.05) is 13.1 Å². The van der Waals surface area contributed by atoms with Crippen LogP contribution in [0.2, 0.25) is 13.1 Å². The van der Waals surface area contributed by atoms with Gasteiger partial charge < -0.3 is 14.3 Å². The maximum Gasteiger partial charge on any atom is 0.412 e. The summed E-state index contributed by atoms with van der Waals surface area (Å²) in [6.45, 7) is 10.5. The van der Waals surface area contributed by atoms with E-state index < -0.39 is 25.8 Å². The Morgan fingerprint density at radius 1 is 1.36 bits per heavy atom. The normalized spacial score (nSPS) is 22.5. The van der Waals surface area contributed by atoms with Crippen molar-refractivity contribution in [2.45, 2.75) is 52.6 Å². The number of nitro groups is 1. The quantitative estimate of drug-likeness (QED) is 0.439. The zero-order valence-corrected chi connectivity index (χ0v) is 18.3. The average Bonchev–Trinajstić information content (AvgIpc) is 2.99. The van der Waals surface area contributed by atoms with Gasteiger partial charge in [-0.3, -0.25) is 15.0 Å². The van der Waals surface area contributed by atoms with Gasteiger partial charge in [-0.15, -0.1) is 0 Å². The third-order valence-electron chi connectivity index (χ3n) is 5.12. The summed E-state index contributed by atoms with van der Waals surface area (Å²) < 4.78 is 11.6. The molecule has 0 saturated carbocycles. The Kier molecular flexibility index (Phi) is 6.84. The Morgan fingerprint density at radius 3 is 2.43 bits per heavy atom. The van der Waals surface area contributed by atoms with Gasteiger partial charge >= 0.3 is 6.09 Å². The summed E-state index contributed by atoms with van der Waals surface area (Å²) in [6, 6.07) is 5.87. The SMILES string of the molecule is C[SiH](C)O[C@]1(CO)C[C@H](C(C)(C)C)CN1C(=O)OCc1ccc([N+](=O)[O-])cc1. The fourth-order valence-electron chi connectivity index (χ4n) is 3.44. The maximum absolute atomic E-state index is 12.8. The van der Waals surface area contributed by atoms with Crippen LogP contribution in [0.4, 0.5) is 10.5 Å². The number of likely N-dealkylation sites (tertiary alicyclic amines) is 1. The second-order valence-corrected chi connectivity index (χ2v) is 11.0. The van der Waals surface area contributed by atoms with Crippen molar-refractivity contribution in [2.75, 3.05) is 13.2 Å². The number of benzene rings is 1. The number of carbonyl (C=O) groups excluding carboxylic acids is 1. The van der Waals surface area contributed by atoms with E-state index in [0.29, 0.717) is 18.5 Å². The summed E-state index contributed by atoms with van der Waals surface area (Å²) in [4.78, 5) is 24.6. The number of hydrogen-bond acceptors (Lipinski definition) is 6. The molecule has 156 valence electrons. The van der Waals surface area contributed by atoms with Crippen molar-refractivity contribution in [2.24, 2.45) is 11.3 Å². The lowest BCUT2D eigenvalue weighted by Crippen LogP contribution is -2.54. The van der Waals surface area contributed by atoms with Crippen molar-refractivity contribution in [1.82, 2.24) is 4.90 Å². The first-order valence-electron chi connectivity index (χ1n) is 9.45. The smallest absolute Gasteiger partial charge is 0.412 e. The van der Waals surface area contributed by atoms with E-state index in [2.05, 4.69) is 20.8 Å². The number of nitro benzene ring substituents is 1. The Morgan fingerprint density at radius 2 is 1.96 bits per heavy atom. The minimum atomic E-state index is -1.54. The Hall–Kier alpha value is -1.97. The molecule has 0 radical (unpaired) electrons. The number of non-ortho nitro benzene ring substituents is 1. The van der Waals surface area contributed by atoms with E-state index in [9.17, 15) is 20.0 Å². The Balaban J connectivity index is 2.14. The van der Waals surface area contributed by atoms with Crippen LogP contribution in [0.1, 0.15) is 32.8 Å². The summed E-state index contributed by atoms with van der Waals surface area (Å²) in [5.74, 6) is 0.166. The zero-order valence-electron chi connectivity index (χ0n) is 17.2. The molecule has 1 aliphatic rings. The second-order valence-electron chi connectivity index (χ2n) is 8.63. The van der Waals surface area contributed by atoms with Gasteiger partial charge in [0.15, 0.2) is 14.8 Å². The van der Waals surface area contributed by atoms with Crippen LogP contribution in [-0.4, -0.2) is 48.9 Å². The monoisotopic (exact) mass is 410 g/mol. The topological polar surface area (TPSA) is 102 Å². The third-order valence-corrected chi connectivity index (χ3v) is 6.03. The Bertz CT molecular complexity index is 703. The molecule has 2 rings (SSSR count). The van der Waals surface area contributed by atoms with Crippen LogP contribution >= 0.6 is 0 Å². The molecule has 1 saturated heterocycles. The highest BCUT2D eigenvalue weighted by atomic mass is 28.3. The first kappa shape index (κ1) is 22.3. The van der Waals surface area contributed by atoms with E-state index in [0.717, 1.165) is 0 Å². The standard InChI is InChI=1S/C19H30N2O6Si/c1-18(2,3)15-10-19(13-22,27-28(4)5)20(11-15)17(23)26-12-14-6-8-16(9-7-14)21(24)25/h6-9,15,22,28H,10-13H2,1-5H3/t15-,19-/m0/s1. The Labute approximate surface area is 167 Å². The lowest BCUT2D eigenvalue weighted by Gasteiger charge is -2.37. The van der Waals surface area contributed by atoms with Crippen LogP contribution in [0.5, 0.6) is 0 Å². The lowest BCUT2D eigenvalue weighted by atomic mass is 9.79. The molecule has 1 N–H and O–H groups in total. The molecule has 28 heavy (non-hydrogen) atoms. The molecule has 1 aliphatic heterocycles. The van der Waals surface area contributed by atoms with Crippen LogP contribution in [0, 0.1) is 21.4 Å². The molecule has 0 aromatic heterocycles. The van der Waals surface area contributed by atoms with Crippen LogP contribution in [0.25, 0.3) is 0 Å². The summed E-state index contributed by atoms with van der Waals surface area (Å²) in [5.41, 5.74) is -0.461. The molecule has 1 aromatic rings. The lowest BCUT2D eigenvalue weighted by molar-refractivity contribution is -0.384. The van der Waals surface area contributed by atoms with E-state index in [4.69, 9.17) is 9.16 Å². The first-order chi connectivity index (χ1) is 13.0. The largest absolute Gasteiger partial charge is 0.444 e. The van der Waals surface area contributed by atoms with Crippen LogP contribution < -0.4 is 0 Å². The molecule has 1 heterocycles. The van der Waals surface area contributed by atoms with Gasteiger partial charge in [0, 0.05) is 25.1 Å². The molecular formula is C19H30N2O6Si. The van der Waals surface area contributed by atoms with Crippen LogP contribution in [0.15, 0.2) is 24.3 Å². The first-order valence-corrected chi connectivity index (χ1v) is 12.2. The van der Waals surface area contributed by atoms with Gasteiger partial charge in [-0.05, 0) is 42.1 Å². The van der Waals surface area contributed by atoms with Crippen molar-refractivity contribution in [1.29, 1.82) is 0 Å². The van der Waals surface area contributed by atoms with Gasteiger partial charge in [0.05, 0.1) is 11.5 Å². The minimum absolute atomic E-state index is 0.00583. The number of amides is 1. The highest BCUT2D eigenvalue weighted by Gasteiger charge is 2.52. The molecule has 1 amide bonds. The number of carbonyl (C=O) groups is 1. The van der Waals surface area contributed by atoms with E-state index in [-0.39, 0.29) is 30.2 Å². The van der Waals surface area contributed by atoms with Crippen molar-refractivity contribution in [3.8, 4) is 0 Å². The number of nitrogens with zero attached hydrogens (tertiary/aromatic N) is 2. The molecule has 2 atom stereocenters. The summed E-state index contributed by atoms with van der Waals surface area (Å²) in [7, 11) is -1.54. The van der Waals surface area contributed by atoms with Gasteiger partial charge in [-0.25, -0.2) is 4.79 Å².